The smallest absolute Gasteiger partial charge is 0.220 e. The summed E-state index contributed by atoms with van der Waals surface area (Å²) in [6.45, 7) is 10.3. The molecule has 3 heterocycles. The first-order valence-electron chi connectivity index (χ1n) is 12.0. The van der Waals surface area contributed by atoms with Crippen LogP contribution in [0.4, 0.5) is 17.1 Å². The third kappa shape index (κ3) is 4.84. The molecule has 0 atom stereocenters. The van der Waals surface area contributed by atoms with Gasteiger partial charge in [0.1, 0.15) is 6.61 Å². The Morgan fingerprint density at radius 1 is 0.971 bits per heavy atom. The number of hydrogen-bond acceptors (Lipinski definition) is 7. The van der Waals surface area contributed by atoms with Gasteiger partial charge in [-0.15, -0.1) is 0 Å². The van der Waals surface area contributed by atoms with Crippen LogP contribution >= 0.6 is 0 Å². The highest BCUT2D eigenvalue weighted by atomic mass is 16.5. The number of anilines is 2. The maximum absolute atomic E-state index is 5.88. The second kappa shape index (κ2) is 9.73. The number of rotatable bonds is 6. The molecule has 34 heavy (non-hydrogen) atoms. The van der Waals surface area contributed by atoms with E-state index in [0.717, 1.165) is 29.2 Å². The Kier molecular flexibility index (Phi) is 6.36. The standard InChI is InChI=1S/C27H32N6O/c1-18-7-6-8-19(2)25(18)21-15-20(3)26-23(16-21)31-32-27(30-26)29-22-9-10-28-24(17-22)34-14-13-33-11-4-5-12-33/h6-10,15-17,31H,4-5,11-14H2,1-3H3,(H2,28,29,30,32). The van der Waals surface area contributed by atoms with E-state index < -0.39 is 0 Å². The van der Waals surface area contributed by atoms with E-state index in [4.69, 9.17) is 9.73 Å². The maximum atomic E-state index is 5.88. The number of nitrogens with one attached hydrogen (secondary N) is 3. The first kappa shape index (κ1) is 22.2. The van der Waals surface area contributed by atoms with Crippen LogP contribution in [0.5, 0.6) is 5.88 Å². The largest absolute Gasteiger partial charge is 0.476 e. The van der Waals surface area contributed by atoms with Crippen molar-refractivity contribution in [2.24, 2.45) is 4.99 Å². The van der Waals surface area contributed by atoms with Crippen molar-refractivity contribution in [3.8, 4) is 17.0 Å². The predicted octanol–water partition coefficient (Wildman–Crippen LogP) is 5.18. The molecule has 1 fully saturated rings. The second-order valence-corrected chi connectivity index (χ2v) is 9.07. The SMILES string of the molecule is Cc1cc(-c2c(C)cccc2C)cc2c1N=C(Nc1ccnc(OCCN3CCCC3)c1)NN2. The molecule has 2 aromatic carbocycles. The number of hydrazine groups is 1. The van der Waals surface area contributed by atoms with Gasteiger partial charge in [0, 0.05) is 24.5 Å². The van der Waals surface area contributed by atoms with Crippen LogP contribution < -0.4 is 20.9 Å². The van der Waals surface area contributed by atoms with Crippen molar-refractivity contribution in [2.45, 2.75) is 33.6 Å². The summed E-state index contributed by atoms with van der Waals surface area (Å²) in [5.74, 6) is 1.24. The molecule has 7 heteroatoms. The fraction of sp³-hybridized carbons (Fsp3) is 0.333. The summed E-state index contributed by atoms with van der Waals surface area (Å²) in [7, 11) is 0. The van der Waals surface area contributed by atoms with E-state index in [1.54, 1.807) is 6.20 Å². The number of benzene rings is 2. The lowest BCUT2D eigenvalue weighted by molar-refractivity contribution is 0.232. The van der Waals surface area contributed by atoms with E-state index in [0.29, 0.717) is 18.4 Å². The van der Waals surface area contributed by atoms with Crippen molar-refractivity contribution in [3.05, 3.63) is 65.4 Å². The van der Waals surface area contributed by atoms with Crippen LogP contribution in [0, 0.1) is 20.8 Å². The van der Waals surface area contributed by atoms with Crippen LogP contribution in [0.25, 0.3) is 11.1 Å². The third-order valence-corrected chi connectivity index (χ3v) is 6.46. The summed E-state index contributed by atoms with van der Waals surface area (Å²) >= 11 is 0. The number of pyridine rings is 1. The number of hydrogen-bond donors (Lipinski definition) is 3. The molecule has 7 nitrogen and oxygen atoms in total. The highest BCUT2D eigenvalue weighted by Crippen LogP contribution is 2.37. The van der Waals surface area contributed by atoms with Gasteiger partial charge in [-0.25, -0.2) is 9.98 Å². The Morgan fingerprint density at radius 3 is 2.56 bits per heavy atom. The number of guanidine groups is 1. The van der Waals surface area contributed by atoms with Crippen LogP contribution in [-0.4, -0.2) is 42.1 Å². The molecule has 0 radical (unpaired) electrons. The zero-order chi connectivity index (χ0) is 23.5. The maximum Gasteiger partial charge on any atom is 0.220 e. The molecule has 2 aliphatic rings. The molecule has 0 amide bonds. The fourth-order valence-corrected chi connectivity index (χ4v) is 4.75. The van der Waals surface area contributed by atoms with Crippen molar-refractivity contribution in [2.75, 3.05) is 37.0 Å². The number of aromatic nitrogens is 1. The molecule has 176 valence electrons. The molecule has 3 aromatic rings. The lowest BCUT2D eigenvalue weighted by Crippen LogP contribution is -2.37. The van der Waals surface area contributed by atoms with Crippen molar-refractivity contribution < 1.29 is 4.74 Å². The van der Waals surface area contributed by atoms with Gasteiger partial charge < -0.3 is 10.1 Å². The second-order valence-electron chi connectivity index (χ2n) is 9.07. The summed E-state index contributed by atoms with van der Waals surface area (Å²) in [5, 5.41) is 3.33. The molecule has 0 aliphatic carbocycles. The number of aliphatic imine (C=N–C) groups is 1. The Bertz CT molecular complexity index is 1200. The number of likely N-dealkylation sites (tertiary alicyclic amines) is 1. The highest BCUT2D eigenvalue weighted by molar-refractivity contribution is 6.00. The Morgan fingerprint density at radius 2 is 1.76 bits per heavy atom. The van der Waals surface area contributed by atoms with Gasteiger partial charge >= 0.3 is 0 Å². The summed E-state index contributed by atoms with van der Waals surface area (Å²) < 4.78 is 5.88. The normalized spacial score (nSPS) is 15.2. The van der Waals surface area contributed by atoms with Crippen LogP contribution in [-0.2, 0) is 0 Å². The van der Waals surface area contributed by atoms with Crippen molar-refractivity contribution in [1.82, 2.24) is 15.3 Å². The summed E-state index contributed by atoms with van der Waals surface area (Å²) in [6, 6.07) is 14.6. The topological polar surface area (TPSA) is 73.8 Å². The number of nitrogens with zero attached hydrogens (tertiary/aromatic N) is 3. The zero-order valence-electron chi connectivity index (χ0n) is 20.1. The van der Waals surface area contributed by atoms with Crippen molar-refractivity contribution >= 4 is 23.0 Å². The molecule has 0 bridgehead atoms. The minimum Gasteiger partial charge on any atom is -0.476 e. The van der Waals surface area contributed by atoms with Crippen LogP contribution in [0.3, 0.4) is 0 Å². The lowest BCUT2D eigenvalue weighted by Gasteiger charge is -2.23. The van der Waals surface area contributed by atoms with Crippen molar-refractivity contribution in [3.63, 3.8) is 0 Å². The van der Waals surface area contributed by atoms with E-state index in [9.17, 15) is 0 Å². The average Bonchev–Trinajstić information content (AvgIpc) is 3.33. The summed E-state index contributed by atoms with van der Waals surface area (Å²) in [4.78, 5) is 11.6. The molecular weight excluding hydrogens is 424 g/mol. The summed E-state index contributed by atoms with van der Waals surface area (Å²) in [5.41, 5.74) is 15.4. The van der Waals surface area contributed by atoms with Crippen LogP contribution in [0.1, 0.15) is 29.5 Å². The molecule has 1 saturated heterocycles. The van der Waals surface area contributed by atoms with Gasteiger partial charge in [0.2, 0.25) is 11.8 Å². The van der Waals surface area contributed by atoms with E-state index in [1.807, 2.05) is 12.1 Å². The van der Waals surface area contributed by atoms with E-state index in [2.05, 4.69) is 77.2 Å². The fourth-order valence-electron chi connectivity index (χ4n) is 4.75. The van der Waals surface area contributed by atoms with Gasteiger partial charge in [0.15, 0.2) is 0 Å². The van der Waals surface area contributed by atoms with Gasteiger partial charge in [-0.05, 0) is 92.7 Å². The van der Waals surface area contributed by atoms with E-state index >= 15 is 0 Å². The molecule has 1 aromatic heterocycles. The zero-order valence-corrected chi connectivity index (χ0v) is 20.1. The lowest BCUT2D eigenvalue weighted by atomic mass is 9.93. The van der Waals surface area contributed by atoms with Gasteiger partial charge in [-0.1, -0.05) is 18.2 Å². The van der Waals surface area contributed by atoms with Gasteiger partial charge in [0.25, 0.3) is 0 Å². The molecule has 3 N–H and O–H groups in total. The first-order valence-corrected chi connectivity index (χ1v) is 12.0. The van der Waals surface area contributed by atoms with Crippen molar-refractivity contribution in [1.29, 1.82) is 0 Å². The van der Waals surface area contributed by atoms with Gasteiger partial charge in [-0.2, -0.15) is 0 Å². The predicted molar refractivity (Wildman–Crippen MR) is 139 cm³/mol. The first-order chi connectivity index (χ1) is 16.6. The number of aryl methyl sites for hydroxylation is 3. The third-order valence-electron chi connectivity index (χ3n) is 6.46. The number of ether oxygens (including phenoxy) is 1. The molecule has 0 saturated carbocycles. The monoisotopic (exact) mass is 456 g/mol. The summed E-state index contributed by atoms with van der Waals surface area (Å²) in [6.07, 6.45) is 4.33. The Labute approximate surface area is 201 Å². The molecule has 5 rings (SSSR count). The van der Waals surface area contributed by atoms with Crippen LogP contribution in [0.15, 0.2) is 53.7 Å². The quantitative estimate of drug-likeness (QED) is 0.475. The Balaban J connectivity index is 1.30. The average molecular weight is 457 g/mol. The molecular formula is C27H32N6O. The van der Waals surface area contributed by atoms with Gasteiger partial charge in [-0.3, -0.25) is 15.8 Å². The highest BCUT2D eigenvalue weighted by Gasteiger charge is 2.17. The molecule has 2 aliphatic heterocycles. The van der Waals surface area contributed by atoms with E-state index in [-0.39, 0.29) is 0 Å². The van der Waals surface area contributed by atoms with Gasteiger partial charge in [0.05, 0.1) is 11.4 Å². The Hall–Kier alpha value is -3.58. The minimum atomic E-state index is 0.614. The minimum absolute atomic E-state index is 0.614. The van der Waals surface area contributed by atoms with E-state index in [1.165, 1.54) is 48.2 Å². The number of fused-ring (bicyclic) bond motifs is 1. The molecule has 0 unspecified atom stereocenters. The molecule has 0 spiro atoms. The van der Waals surface area contributed by atoms with Crippen LogP contribution in [0.2, 0.25) is 0 Å².